The third-order valence-electron chi connectivity index (χ3n) is 4.57. The van der Waals surface area contributed by atoms with Crippen molar-refractivity contribution in [3.05, 3.63) is 41.7 Å². The summed E-state index contributed by atoms with van der Waals surface area (Å²) in [5, 5.41) is 15.9. The summed E-state index contributed by atoms with van der Waals surface area (Å²) in [5.41, 5.74) is 4.50. The Morgan fingerprint density at radius 3 is 2.92 bits per heavy atom. The van der Waals surface area contributed by atoms with E-state index >= 15 is 0 Å². The second kappa shape index (κ2) is 5.91. The summed E-state index contributed by atoms with van der Waals surface area (Å²) in [4.78, 5) is 4.48. The van der Waals surface area contributed by atoms with Crippen LogP contribution in [0.15, 0.2) is 30.5 Å². The van der Waals surface area contributed by atoms with Gasteiger partial charge >= 0.3 is 0 Å². The summed E-state index contributed by atoms with van der Waals surface area (Å²) < 4.78 is 7.79. The number of fused-ring (bicyclic) bond motifs is 1. The predicted octanol–water partition coefficient (Wildman–Crippen LogP) is 4.12. The first-order valence-electron chi connectivity index (χ1n) is 8.40. The van der Waals surface area contributed by atoms with Crippen LogP contribution in [0.2, 0.25) is 0 Å². The third-order valence-corrected chi connectivity index (χ3v) is 4.57. The Morgan fingerprint density at radius 2 is 2.12 bits per heavy atom. The van der Waals surface area contributed by atoms with Crippen molar-refractivity contribution in [1.29, 1.82) is 0 Å². The van der Waals surface area contributed by atoms with E-state index in [9.17, 15) is 5.11 Å². The molecule has 2 aromatic heterocycles. The molecule has 124 valence electrons. The molecule has 0 bridgehead atoms. The van der Waals surface area contributed by atoms with Crippen LogP contribution < -0.4 is 0 Å². The van der Waals surface area contributed by atoms with Gasteiger partial charge in [0.1, 0.15) is 17.5 Å². The SMILES string of the molecule is Cc1cc(-c2nn(C3CCCCO3)cc2C)c2cccc(O)c2n1. The number of pyridine rings is 1. The Labute approximate surface area is 140 Å². The molecule has 5 nitrogen and oxygen atoms in total. The third kappa shape index (κ3) is 2.55. The lowest BCUT2D eigenvalue weighted by molar-refractivity contribution is -0.0393. The molecule has 3 heterocycles. The highest BCUT2D eigenvalue weighted by Crippen LogP contribution is 2.34. The van der Waals surface area contributed by atoms with Crippen molar-refractivity contribution in [3.63, 3.8) is 0 Å². The molecule has 0 saturated carbocycles. The maximum Gasteiger partial charge on any atom is 0.150 e. The molecule has 1 aromatic carbocycles. The van der Waals surface area contributed by atoms with Gasteiger partial charge in [0.15, 0.2) is 0 Å². The minimum absolute atomic E-state index is 0.0220. The fourth-order valence-electron chi connectivity index (χ4n) is 3.39. The molecule has 24 heavy (non-hydrogen) atoms. The van der Waals surface area contributed by atoms with Crippen LogP contribution in [0.25, 0.3) is 22.2 Å². The molecule has 0 amide bonds. The van der Waals surface area contributed by atoms with Gasteiger partial charge in [0.05, 0.1) is 5.69 Å². The zero-order chi connectivity index (χ0) is 16.7. The minimum atomic E-state index is 0.0220. The zero-order valence-electron chi connectivity index (χ0n) is 14.0. The van der Waals surface area contributed by atoms with E-state index < -0.39 is 0 Å². The number of phenolic OH excluding ortho intramolecular Hbond substituents is 1. The molecule has 1 atom stereocenters. The van der Waals surface area contributed by atoms with Crippen molar-refractivity contribution in [2.75, 3.05) is 6.61 Å². The topological polar surface area (TPSA) is 60.2 Å². The van der Waals surface area contributed by atoms with Gasteiger partial charge in [-0.3, -0.25) is 0 Å². The molecule has 1 aliphatic heterocycles. The van der Waals surface area contributed by atoms with Crippen LogP contribution in [-0.2, 0) is 4.74 Å². The molecule has 3 aromatic rings. The fraction of sp³-hybridized carbons (Fsp3) is 0.368. The molecule has 1 unspecified atom stereocenters. The highest BCUT2D eigenvalue weighted by Gasteiger charge is 2.20. The van der Waals surface area contributed by atoms with E-state index in [1.165, 1.54) is 6.42 Å². The van der Waals surface area contributed by atoms with Crippen LogP contribution in [0.5, 0.6) is 5.75 Å². The van der Waals surface area contributed by atoms with Gasteiger partial charge < -0.3 is 9.84 Å². The quantitative estimate of drug-likeness (QED) is 0.770. The van der Waals surface area contributed by atoms with E-state index in [0.717, 1.165) is 47.3 Å². The largest absolute Gasteiger partial charge is 0.506 e. The molecule has 1 aliphatic rings. The second-order valence-electron chi connectivity index (χ2n) is 6.45. The Bertz CT molecular complexity index is 895. The number of rotatable bonds is 2. The van der Waals surface area contributed by atoms with Crippen LogP contribution in [0.3, 0.4) is 0 Å². The molecular weight excluding hydrogens is 302 g/mol. The van der Waals surface area contributed by atoms with Gasteiger partial charge in [0.2, 0.25) is 0 Å². The fourth-order valence-corrected chi connectivity index (χ4v) is 3.39. The maximum absolute atomic E-state index is 10.1. The Morgan fingerprint density at radius 1 is 1.25 bits per heavy atom. The van der Waals surface area contributed by atoms with Crippen LogP contribution in [-0.4, -0.2) is 26.5 Å². The van der Waals surface area contributed by atoms with Crippen molar-refractivity contribution in [2.45, 2.75) is 39.3 Å². The lowest BCUT2D eigenvalue weighted by Crippen LogP contribution is -2.18. The van der Waals surface area contributed by atoms with E-state index in [4.69, 9.17) is 9.84 Å². The van der Waals surface area contributed by atoms with Crippen molar-refractivity contribution < 1.29 is 9.84 Å². The molecule has 4 rings (SSSR count). The summed E-state index contributed by atoms with van der Waals surface area (Å²) in [5.74, 6) is 0.199. The average Bonchev–Trinajstić information content (AvgIpc) is 2.98. The number of para-hydroxylation sites is 1. The summed E-state index contributed by atoms with van der Waals surface area (Å²) in [6.07, 6.45) is 5.36. The predicted molar refractivity (Wildman–Crippen MR) is 92.9 cm³/mol. The summed E-state index contributed by atoms with van der Waals surface area (Å²) in [7, 11) is 0. The van der Waals surface area contributed by atoms with E-state index in [0.29, 0.717) is 5.52 Å². The van der Waals surface area contributed by atoms with Gasteiger partial charge in [-0.15, -0.1) is 0 Å². The smallest absolute Gasteiger partial charge is 0.150 e. The lowest BCUT2D eigenvalue weighted by Gasteiger charge is -2.22. The van der Waals surface area contributed by atoms with Crippen molar-refractivity contribution in [3.8, 4) is 17.0 Å². The number of aryl methyl sites for hydroxylation is 2. The van der Waals surface area contributed by atoms with Crippen LogP contribution in [0.1, 0.15) is 36.7 Å². The van der Waals surface area contributed by atoms with Gasteiger partial charge in [0.25, 0.3) is 0 Å². The molecule has 5 heteroatoms. The van der Waals surface area contributed by atoms with Gasteiger partial charge in [-0.25, -0.2) is 9.67 Å². The van der Waals surface area contributed by atoms with Gasteiger partial charge in [-0.2, -0.15) is 5.10 Å². The van der Waals surface area contributed by atoms with Crippen LogP contribution in [0, 0.1) is 13.8 Å². The summed E-state index contributed by atoms with van der Waals surface area (Å²) >= 11 is 0. The minimum Gasteiger partial charge on any atom is -0.506 e. The standard InChI is InChI=1S/C19H21N3O2/c1-12-11-22(17-8-3-4-9-24-17)21-18(12)15-10-13(2)20-19-14(15)6-5-7-16(19)23/h5-7,10-11,17,23H,3-4,8-9H2,1-2H3. The number of phenols is 1. The Kier molecular flexibility index (Phi) is 3.73. The van der Waals surface area contributed by atoms with Crippen molar-refractivity contribution in [1.82, 2.24) is 14.8 Å². The van der Waals surface area contributed by atoms with Gasteiger partial charge in [-0.1, -0.05) is 12.1 Å². The summed E-state index contributed by atoms with van der Waals surface area (Å²) in [6, 6.07) is 7.52. The molecule has 1 saturated heterocycles. The first kappa shape index (κ1) is 15.1. The maximum atomic E-state index is 10.1. The van der Waals surface area contributed by atoms with Crippen molar-refractivity contribution >= 4 is 10.9 Å². The molecule has 0 spiro atoms. The van der Waals surface area contributed by atoms with E-state index in [1.54, 1.807) is 6.07 Å². The summed E-state index contributed by atoms with van der Waals surface area (Å²) in [6.45, 7) is 4.79. The van der Waals surface area contributed by atoms with Crippen molar-refractivity contribution in [2.24, 2.45) is 0 Å². The number of benzene rings is 1. The van der Waals surface area contributed by atoms with E-state index in [2.05, 4.69) is 18.1 Å². The molecular formula is C19H21N3O2. The first-order valence-corrected chi connectivity index (χ1v) is 8.40. The monoisotopic (exact) mass is 323 g/mol. The highest BCUT2D eigenvalue weighted by molar-refractivity contribution is 5.97. The normalized spacial score (nSPS) is 18.2. The number of ether oxygens (including phenoxy) is 1. The number of nitrogens with zero attached hydrogens (tertiary/aromatic N) is 3. The van der Waals surface area contributed by atoms with Crippen LogP contribution in [0.4, 0.5) is 0 Å². The Hall–Kier alpha value is -2.40. The Balaban J connectivity index is 1.86. The number of hydrogen-bond donors (Lipinski definition) is 1. The average molecular weight is 323 g/mol. The molecule has 0 aliphatic carbocycles. The van der Waals surface area contributed by atoms with Gasteiger partial charge in [0, 0.05) is 29.4 Å². The zero-order valence-corrected chi connectivity index (χ0v) is 14.0. The molecule has 1 fully saturated rings. The van der Waals surface area contributed by atoms with Gasteiger partial charge in [-0.05, 0) is 50.8 Å². The van der Waals surface area contributed by atoms with E-state index in [1.807, 2.05) is 29.8 Å². The highest BCUT2D eigenvalue weighted by atomic mass is 16.5. The second-order valence-corrected chi connectivity index (χ2v) is 6.45. The lowest BCUT2D eigenvalue weighted by atomic mass is 10.0. The number of aromatic hydroxyl groups is 1. The number of aromatic nitrogens is 3. The molecule has 1 N–H and O–H groups in total. The number of hydrogen-bond acceptors (Lipinski definition) is 4. The van der Waals surface area contributed by atoms with Crippen LogP contribution >= 0.6 is 0 Å². The van der Waals surface area contributed by atoms with E-state index in [-0.39, 0.29) is 12.0 Å². The molecule has 0 radical (unpaired) electrons. The first-order chi connectivity index (χ1) is 11.6.